The van der Waals surface area contributed by atoms with Crippen molar-refractivity contribution in [2.45, 2.75) is 6.92 Å². The third-order valence-electron chi connectivity index (χ3n) is 5.20. The highest BCUT2D eigenvalue weighted by atomic mass is 19.1. The van der Waals surface area contributed by atoms with Crippen LogP contribution in [0.15, 0.2) is 65.1 Å². The Bertz CT molecular complexity index is 1370. The van der Waals surface area contributed by atoms with Crippen LogP contribution >= 0.6 is 0 Å². The lowest BCUT2D eigenvalue weighted by Crippen LogP contribution is -2.32. The molecule has 0 N–H and O–H groups in total. The summed E-state index contributed by atoms with van der Waals surface area (Å²) in [7, 11) is 2.00. The van der Waals surface area contributed by atoms with Crippen LogP contribution in [0.1, 0.15) is 5.56 Å². The molecule has 0 aliphatic rings. The van der Waals surface area contributed by atoms with Gasteiger partial charge in [0.05, 0.1) is 10.9 Å². The highest BCUT2D eigenvalue weighted by Gasteiger charge is 2.23. The minimum Gasteiger partial charge on any atom is -0.455 e. The van der Waals surface area contributed by atoms with Gasteiger partial charge in [0.25, 0.3) is 0 Å². The first kappa shape index (κ1) is 15.9. The number of nitrogens with zero attached hydrogens (tertiary/aromatic N) is 1. The van der Waals surface area contributed by atoms with Gasteiger partial charge in [-0.15, -0.1) is 0 Å². The van der Waals surface area contributed by atoms with E-state index in [1.165, 1.54) is 6.07 Å². The van der Waals surface area contributed by atoms with E-state index >= 15 is 0 Å². The monoisotopic (exact) mass is 360 g/mol. The molecule has 2 nitrogen and oxygen atoms in total. The topological polar surface area (TPSA) is 17.0 Å². The van der Waals surface area contributed by atoms with Crippen LogP contribution in [0.4, 0.5) is 8.78 Å². The van der Waals surface area contributed by atoms with E-state index in [0.717, 1.165) is 33.8 Å². The molecule has 132 valence electrons. The third kappa shape index (κ3) is 2.26. The lowest BCUT2D eigenvalue weighted by Gasteiger charge is -2.07. The number of benzene rings is 3. The number of pyridine rings is 1. The first-order valence-electron chi connectivity index (χ1n) is 8.73. The average molecular weight is 360 g/mol. The Kier molecular flexibility index (Phi) is 3.31. The smallest absolute Gasteiger partial charge is 0.216 e. The van der Waals surface area contributed by atoms with Crippen molar-refractivity contribution in [1.29, 1.82) is 0 Å². The van der Waals surface area contributed by atoms with Gasteiger partial charge < -0.3 is 4.42 Å². The summed E-state index contributed by atoms with van der Waals surface area (Å²) in [6, 6.07) is 18.1. The molecule has 2 aromatic heterocycles. The van der Waals surface area contributed by atoms with E-state index in [0.29, 0.717) is 16.4 Å². The Balaban J connectivity index is 1.92. The van der Waals surface area contributed by atoms with Crippen LogP contribution in [0.25, 0.3) is 44.1 Å². The summed E-state index contributed by atoms with van der Waals surface area (Å²) in [5.41, 5.74) is 4.72. The number of rotatable bonds is 1. The van der Waals surface area contributed by atoms with Crippen LogP contribution in [0.5, 0.6) is 0 Å². The van der Waals surface area contributed by atoms with Gasteiger partial charge in [0.1, 0.15) is 29.8 Å². The van der Waals surface area contributed by atoms with E-state index in [1.54, 1.807) is 0 Å². The van der Waals surface area contributed by atoms with Gasteiger partial charge in [-0.1, -0.05) is 24.3 Å². The van der Waals surface area contributed by atoms with Crippen LogP contribution in [0, 0.1) is 18.6 Å². The number of hydrogen-bond acceptors (Lipinski definition) is 1. The van der Waals surface area contributed by atoms with Gasteiger partial charge in [0.2, 0.25) is 11.2 Å². The Morgan fingerprint density at radius 1 is 0.926 bits per heavy atom. The summed E-state index contributed by atoms with van der Waals surface area (Å²) in [6.07, 6.45) is 0. The first-order chi connectivity index (χ1) is 13.0. The second-order valence-electron chi connectivity index (χ2n) is 6.83. The molecule has 4 heteroatoms. The number of para-hydroxylation sites is 1. The Hall–Kier alpha value is -3.27. The van der Waals surface area contributed by atoms with Crippen LogP contribution < -0.4 is 4.57 Å². The predicted octanol–water partition coefficient (Wildman–Crippen LogP) is 5.82. The fraction of sp³-hybridized carbons (Fsp3) is 0.0870. The minimum absolute atomic E-state index is 0.220. The summed E-state index contributed by atoms with van der Waals surface area (Å²) in [5, 5.41) is 2.10. The van der Waals surface area contributed by atoms with Crippen molar-refractivity contribution in [2.75, 3.05) is 0 Å². The Morgan fingerprint density at radius 3 is 2.59 bits per heavy atom. The molecule has 0 amide bonds. The maximum absolute atomic E-state index is 14.4. The third-order valence-corrected chi connectivity index (χ3v) is 5.20. The van der Waals surface area contributed by atoms with Crippen LogP contribution in [-0.4, -0.2) is 0 Å². The molecule has 0 radical (unpaired) electrons. The summed E-state index contributed by atoms with van der Waals surface area (Å²) in [5.74, 6) is -1.25. The average Bonchev–Trinajstić information content (AvgIpc) is 3.01. The van der Waals surface area contributed by atoms with E-state index in [-0.39, 0.29) is 5.58 Å². The summed E-state index contributed by atoms with van der Waals surface area (Å²) < 4.78 is 36.1. The molecule has 27 heavy (non-hydrogen) atoms. The fourth-order valence-corrected chi connectivity index (χ4v) is 3.90. The van der Waals surface area contributed by atoms with Crippen molar-refractivity contribution < 1.29 is 17.8 Å². The standard InChI is InChI=1S/C23H16F2NO/c1-13-7-9-16-22-17(25)11-15(24)12-20(22)27-23(16)21(13)19-10-8-14-5-3-4-6-18(14)26(19)2/h3-12H,1-2H3/q+1. The van der Waals surface area contributed by atoms with Gasteiger partial charge >= 0.3 is 0 Å². The molecule has 0 fully saturated rings. The molecule has 0 atom stereocenters. The van der Waals surface area contributed by atoms with Crippen molar-refractivity contribution in [1.82, 2.24) is 0 Å². The summed E-state index contributed by atoms with van der Waals surface area (Å²) >= 11 is 0. The molecular formula is C23H16F2NO+. The zero-order valence-electron chi connectivity index (χ0n) is 14.9. The number of furan rings is 1. The molecule has 0 saturated heterocycles. The van der Waals surface area contributed by atoms with Crippen LogP contribution in [-0.2, 0) is 7.05 Å². The summed E-state index contributed by atoms with van der Waals surface area (Å²) in [6.45, 7) is 1.99. The minimum atomic E-state index is -0.645. The van der Waals surface area contributed by atoms with Crippen LogP contribution in [0.3, 0.4) is 0 Å². The number of fused-ring (bicyclic) bond motifs is 4. The van der Waals surface area contributed by atoms with Gasteiger partial charge in [0.15, 0.2) is 0 Å². The largest absolute Gasteiger partial charge is 0.455 e. The zero-order valence-corrected chi connectivity index (χ0v) is 14.9. The van der Waals surface area contributed by atoms with Crippen molar-refractivity contribution >= 4 is 32.8 Å². The van der Waals surface area contributed by atoms with Crippen molar-refractivity contribution in [3.8, 4) is 11.3 Å². The molecule has 0 aliphatic heterocycles. The maximum atomic E-state index is 14.4. The van der Waals surface area contributed by atoms with E-state index in [4.69, 9.17) is 4.42 Å². The van der Waals surface area contributed by atoms with Gasteiger partial charge in [-0.2, -0.15) is 4.57 Å². The van der Waals surface area contributed by atoms with Crippen molar-refractivity contribution in [2.24, 2.45) is 7.05 Å². The summed E-state index contributed by atoms with van der Waals surface area (Å²) in [4.78, 5) is 0. The molecule has 0 aliphatic carbocycles. The normalized spacial score (nSPS) is 11.7. The second-order valence-corrected chi connectivity index (χ2v) is 6.83. The van der Waals surface area contributed by atoms with Gasteiger partial charge in [-0.05, 0) is 24.6 Å². The number of aryl methyl sites for hydroxylation is 2. The molecule has 0 saturated carbocycles. The predicted molar refractivity (Wildman–Crippen MR) is 102 cm³/mol. The van der Waals surface area contributed by atoms with E-state index in [1.807, 2.05) is 44.3 Å². The van der Waals surface area contributed by atoms with E-state index < -0.39 is 11.6 Å². The van der Waals surface area contributed by atoms with Crippen molar-refractivity contribution in [3.05, 3.63) is 77.9 Å². The Morgan fingerprint density at radius 2 is 1.74 bits per heavy atom. The number of hydrogen-bond donors (Lipinski definition) is 0. The molecule has 2 heterocycles. The van der Waals surface area contributed by atoms with Gasteiger partial charge in [-0.25, -0.2) is 8.78 Å². The highest BCUT2D eigenvalue weighted by molar-refractivity contribution is 6.10. The zero-order chi connectivity index (χ0) is 18.7. The van der Waals surface area contributed by atoms with Crippen LogP contribution in [0.2, 0.25) is 0 Å². The van der Waals surface area contributed by atoms with Crippen molar-refractivity contribution in [3.63, 3.8) is 0 Å². The molecule has 0 spiro atoms. The number of halogens is 2. The first-order valence-corrected chi connectivity index (χ1v) is 8.73. The molecule has 3 aromatic carbocycles. The molecule has 5 aromatic rings. The SMILES string of the molecule is Cc1ccc2c(oc3cc(F)cc(F)c32)c1-c1ccc2ccccc2[n+]1C. The van der Waals surface area contributed by atoms with E-state index in [2.05, 4.69) is 22.8 Å². The van der Waals surface area contributed by atoms with Gasteiger partial charge in [0, 0.05) is 35.0 Å². The fourth-order valence-electron chi connectivity index (χ4n) is 3.90. The van der Waals surface area contributed by atoms with E-state index in [9.17, 15) is 8.78 Å². The molecule has 0 bridgehead atoms. The highest BCUT2D eigenvalue weighted by Crippen LogP contribution is 2.38. The quantitative estimate of drug-likeness (QED) is 0.344. The molecule has 0 unspecified atom stereocenters. The molecular weight excluding hydrogens is 344 g/mol. The van der Waals surface area contributed by atoms with Gasteiger partial charge in [-0.3, -0.25) is 0 Å². The maximum Gasteiger partial charge on any atom is 0.216 e. The Labute approximate surface area is 154 Å². The lowest BCUT2D eigenvalue weighted by molar-refractivity contribution is -0.633. The second kappa shape index (κ2) is 5.61. The molecule has 5 rings (SSSR count). The lowest BCUT2D eigenvalue weighted by atomic mass is 10.00. The number of aromatic nitrogens is 1.